The number of Topliss-reactive ketones (excluding diaryl/α,β-unsaturated/α-hetero) is 1. The minimum atomic E-state index is -1.53. The number of hydrogen-bond acceptors (Lipinski definition) is 14. The summed E-state index contributed by atoms with van der Waals surface area (Å²) in [6.45, 7) is 5.36. The van der Waals surface area contributed by atoms with Gasteiger partial charge in [0.2, 0.25) is 0 Å². The second kappa shape index (κ2) is 14.5. The normalized spacial score (nSPS) is 24.5. The van der Waals surface area contributed by atoms with Gasteiger partial charge in [0.05, 0.1) is 34.5 Å². The van der Waals surface area contributed by atoms with E-state index in [1.54, 1.807) is 42.5 Å². The number of esters is 4. The van der Waals surface area contributed by atoms with E-state index in [9.17, 15) is 29.2 Å². The summed E-state index contributed by atoms with van der Waals surface area (Å²) in [6, 6.07) is 14.0. The van der Waals surface area contributed by atoms with Crippen molar-refractivity contribution in [3.63, 3.8) is 0 Å². The molecule has 0 aliphatic carbocycles. The molecule has 1 saturated heterocycles. The van der Waals surface area contributed by atoms with Crippen molar-refractivity contribution in [1.82, 2.24) is 4.90 Å². The lowest BCUT2D eigenvalue weighted by atomic mass is 9.81. The second-order valence-corrected chi connectivity index (χ2v) is 10.9. The Morgan fingerprint density at radius 1 is 0.848 bits per heavy atom. The Hall–Kier alpha value is -4.87. The summed E-state index contributed by atoms with van der Waals surface area (Å²) < 4.78 is 34.1. The number of carbonyl (C=O) groups is 5. The SMILES string of the molecule is CC(=O)OC[C@@H]1O[C@@H](N2C(S)=C(C#N)[C@H](c3ccco3)C(C(C)=O)=C2c2ccccc2)[C@H](OC(C)=O)[C@H](OC(C)=O)[C@@H]1OC(C)=O. The van der Waals surface area contributed by atoms with Crippen LogP contribution in [0.1, 0.15) is 51.9 Å². The number of benzene rings is 1. The molecule has 1 aromatic carbocycles. The van der Waals surface area contributed by atoms with E-state index in [-0.39, 0.29) is 21.9 Å². The number of nitrogens with zero attached hydrogens (tertiary/aromatic N) is 2. The lowest BCUT2D eigenvalue weighted by Gasteiger charge is -2.50. The molecule has 4 rings (SSSR count). The van der Waals surface area contributed by atoms with Crippen LogP contribution in [0, 0.1) is 11.3 Å². The molecule has 6 atom stereocenters. The highest BCUT2D eigenvalue weighted by Gasteiger charge is 2.56. The van der Waals surface area contributed by atoms with Crippen molar-refractivity contribution in [3.8, 4) is 6.07 Å². The first kappa shape index (κ1) is 34.0. The molecule has 0 radical (unpaired) electrons. The molecule has 0 saturated carbocycles. The zero-order valence-corrected chi connectivity index (χ0v) is 26.5. The van der Waals surface area contributed by atoms with Crippen molar-refractivity contribution in [1.29, 1.82) is 5.26 Å². The molecule has 1 fully saturated rings. The Balaban J connectivity index is 2.05. The van der Waals surface area contributed by atoms with Crippen LogP contribution in [-0.2, 0) is 47.7 Å². The van der Waals surface area contributed by atoms with E-state index in [0.29, 0.717) is 11.3 Å². The van der Waals surface area contributed by atoms with Gasteiger partial charge in [-0.05, 0) is 24.6 Å². The molecule has 0 N–H and O–H groups in total. The fraction of sp³-hybridized carbons (Fsp3) is 0.375. The average Bonchev–Trinajstić information content (AvgIpc) is 3.52. The highest BCUT2D eigenvalue weighted by Crippen LogP contribution is 2.49. The van der Waals surface area contributed by atoms with Crippen molar-refractivity contribution in [2.45, 2.75) is 71.2 Å². The second-order valence-electron chi connectivity index (χ2n) is 10.4. The molecule has 0 unspecified atom stereocenters. The zero-order valence-electron chi connectivity index (χ0n) is 25.6. The summed E-state index contributed by atoms with van der Waals surface area (Å²) in [4.78, 5) is 64.0. The standard InChI is InChI=1S/C32H32N2O11S/c1-16(35)25-26(23-12-9-13-40-23)22(14-33)32(46)34(27(25)21-10-7-6-8-11-21)31-30(44-20(5)39)29(43-19(4)38)28(42-18(3)37)24(45-31)15-41-17(2)36/h6-13,24,26,28-31,46H,15H2,1-5H3/t24-,26+,28+,29+,30+,31+/m0/s1. The molecule has 14 heteroatoms. The van der Waals surface area contributed by atoms with E-state index in [1.807, 2.05) is 0 Å². The van der Waals surface area contributed by atoms with Crippen LogP contribution in [0.3, 0.4) is 0 Å². The van der Waals surface area contributed by atoms with Crippen LogP contribution >= 0.6 is 12.6 Å². The van der Waals surface area contributed by atoms with Gasteiger partial charge >= 0.3 is 23.9 Å². The number of furan rings is 1. The number of hydrogen-bond donors (Lipinski definition) is 1. The minimum absolute atomic E-state index is 0.00368. The number of carbonyl (C=O) groups excluding carboxylic acids is 5. The van der Waals surface area contributed by atoms with Crippen LogP contribution in [0.25, 0.3) is 5.70 Å². The molecule has 13 nitrogen and oxygen atoms in total. The third-order valence-corrected chi connectivity index (χ3v) is 7.59. The van der Waals surface area contributed by atoms with E-state index in [2.05, 4.69) is 6.07 Å². The first-order valence-corrected chi connectivity index (χ1v) is 14.6. The Labute approximate surface area is 270 Å². The van der Waals surface area contributed by atoms with Gasteiger partial charge in [-0.25, -0.2) is 0 Å². The highest BCUT2D eigenvalue weighted by molar-refractivity contribution is 7.84. The van der Waals surface area contributed by atoms with E-state index in [0.717, 1.165) is 27.7 Å². The van der Waals surface area contributed by atoms with Gasteiger partial charge in [-0.15, -0.1) is 12.6 Å². The Morgan fingerprint density at radius 2 is 1.46 bits per heavy atom. The molecule has 2 aromatic rings. The van der Waals surface area contributed by atoms with Crippen molar-refractivity contribution < 1.29 is 52.1 Å². The molecule has 2 aliphatic rings. The van der Waals surface area contributed by atoms with Crippen LogP contribution in [0.2, 0.25) is 0 Å². The molecule has 46 heavy (non-hydrogen) atoms. The summed E-state index contributed by atoms with van der Waals surface area (Å²) in [5.41, 5.74) is 0.833. The van der Waals surface area contributed by atoms with Gasteiger partial charge < -0.3 is 33.0 Å². The Bertz CT molecular complexity index is 1610. The monoisotopic (exact) mass is 652 g/mol. The number of thiol groups is 1. The van der Waals surface area contributed by atoms with Crippen LogP contribution in [-0.4, -0.2) is 71.8 Å². The first-order chi connectivity index (χ1) is 21.8. The molecule has 1 aromatic heterocycles. The molecule has 0 spiro atoms. The van der Waals surface area contributed by atoms with Crippen molar-refractivity contribution in [3.05, 3.63) is 76.2 Å². The maximum absolute atomic E-state index is 13.6. The number of rotatable bonds is 9. The summed E-state index contributed by atoms with van der Waals surface area (Å²) >= 11 is 4.77. The fourth-order valence-corrected chi connectivity index (χ4v) is 5.94. The summed E-state index contributed by atoms with van der Waals surface area (Å²) in [5, 5.41) is 10.4. The van der Waals surface area contributed by atoms with Crippen LogP contribution in [0.15, 0.2) is 69.3 Å². The smallest absolute Gasteiger partial charge is 0.303 e. The lowest BCUT2D eigenvalue weighted by Crippen LogP contribution is -2.66. The van der Waals surface area contributed by atoms with Crippen molar-refractivity contribution in [2.24, 2.45) is 0 Å². The molecule has 242 valence electrons. The topological polar surface area (TPSA) is 172 Å². The van der Waals surface area contributed by atoms with Crippen molar-refractivity contribution in [2.75, 3.05) is 6.61 Å². The van der Waals surface area contributed by atoms with Crippen LogP contribution in [0.4, 0.5) is 0 Å². The maximum atomic E-state index is 13.6. The largest absolute Gasteiger partial charge is 0.468 e. The number of allylic oxidation sites excluding steroid dienone is 2. The van der Waals surface area contributed by atoms with Gasteiger partial charge in [-0.2, -0.15) is 5.26 Å². The predicted octanol–water partition coefficient (Wildman–Crippen LogP) is 3.43. The van der Waals surface area contributed by atoms with Gasteiger partial charge in [0.25, 0.3) is 0 Å². The molecule has 2 aliphatic heterocycles. The highest BCUT2D eigenvalue weighted by atomic mass is 32.1. The predicted molar refractivity (Wildman–Crippen MR) is 161 cm³/mol. The fourth-order valence-electron chi connectivity index (χ4n) is 5.55. The minimum Gasteiger partial charge on any atom is -0.468 e. The van der Waals surface area contributed by atoms with Gasteiger partial charge in [-0.1, -0.05) is 30.3 Å². The van der Waals surface area contributed by atoms with Gasteiger partial charge in [0, 0.05) is 33.3 Å². The van der Waals surface area contributed by atoms with E-state index >= 15 is 0 Å². The summed E-state index contributed by atoms with van der Waals surface area (Å²) in [6.07, 6.45) is -5.82. The molecular formula is C32H32N2O11S. The number of nitriles is 1. The molecule has 3 heterocycles. The van der Waals surface area contributed by atoms with Gasteiger partial charge in [-0.3, -0.25) is 24.0 Å². The third kappa shape index (κ3) is 7.16. The molecule has 0 bridgehead atoms. The quantitative estimate of drug-likeness (QED) is 0.238. The van der Waals surface area contributed by atoms with Gasteiger partial charge in [0.15, 0.2) is 30.3 Å². The summed E-state index contributed by atoms with van der Waals surface area (Å²) in [7, 11) is 0. The molecular weight excluding hydrogens is 620 g/mol. The first-order valence-electron chi connectivity index (χ1n) is 14.1. The van der Waals surface area contributed by atoms with E-state index in [4.69, 9.17) is 40.7 Å². The summed E-state index contributed by atoms with van der Waals surface area (Å²) in [5.74, 6) is -4.22. The van der Waals surface area contributed by atoms with Gasteiger partial charge in [0.1, 0.15) is 18.5 Å². The lowest BCUT2D eigenvalue weighted by molar-refractivity contribution is -0.269. The van der Waals surface area contributed by atoms with Crippen LogP contribution < -0.4 is 0 Å². The van der Waals surface area contributed by atoms with E-state index in [1.165, 1.54) is 18.1 Å². The van der Waals surface area contributed by atoms with Crippen molar-refractivity contribution >= 4 is 48.0 Å². The third-order valence-electron chi connectivity index (χ3n) is 7.14. The Kier molecular flexibility index (Phi) is 10.7. The zero-order chi connectivity index (χ0) is 33.7. The van der Waals surface area contributed by atoms with Crippen LogP contribution in [0.5, 0.6) is 0 Å². The Morgan fingerprint density at radius 3 is 1.98 bits per heavy atom. The number of ketones is 1. The maximum Gasteiger partial charge on any atom is 0.303 e. The van der Waals surface area contributed by atoms with E-state index < -0.39 is 72.8 Å². The average molecular weight is 653 g/mol. The molecule has 0 amide bonds. The number of ether oxygens (including phenoxy) is 5.